The number of thiocarbonyl (C=S) groups is 1. The third kappa shape index (κ3) is 3.54. The molecule has 0 aliphatic carbocycles. The highest BCUT2D eigenvalue weighted by Gasteiger charge is 2.33. The predicted molar refractivity (Wildman–Crippen MR) is 101 cm³/mol. The lowest BCUT2D eigenvalue weighted by molar-refractivity contribution is -0.402. The van der Waals surface area contributed by atoms with Gasteiger partial charge in [0.15, 0.2) is 4.32 Å². The Hall–Kier alpha value is -2.71. The summed E-state index contributed by atoms with van der Waals surface area (Å²) in [6, 6.07) is 10.3. The summed E-state index contributed by atoms with van der Waals surface area (Å²) in [5.41, 5.74) is 1.72. The minimum atomic E-state index is -0.606. The molecule has 1 amide bonds. The quantitative estimate of drug-likeness (QED) is 0.341. The van der Waals surface area contributed by atoms with Gasteiger partial charge < -0.3 is 4.42 Å². The van der Waals surface area contributed by atoms with Crippen molar-refractivity contribution >= 4 is 51.9 Å². The van der Waals surface area contributed by atoms with E-state index in [-0.39, 0.29) is 11.8 Å². The first-order valence-corrected chi connectivity index (χ1v) is 8.44. The van der Waals surface area contributed by atoms with Crippen LogP contribution in [0.25, 0.3) is 6.08 Å². The minimum Gasteiger partial charge on any atom is -0.401 e. The normalized spacial score (nSPS) is 16.4. The van der Waals surface area contributed by atoms with E-state index >= 15 is 0 Å². The SMILES string of the molecule is Cc1ccccc1N1C(=O)/C(=C\C=C\c2ccc([N+](=O)[O-])o2)SC1=S. The highest BCUT2D eigenvalue weighted by Crippen LogP contribution is 2.36. The van der Waals surface area contributed by atoms with E-state index in [1.54, 1.807) is 18.2 Å². The standard InChI is InChI=1S/C17H12N2O4S2/c1-11-5-2-3-7-13(11)18-16(20)14(25-17(18)24)8-4-6-12-9-10-15(23-12)19(21)22/h2-10H,1H3/b6-4+,14-8+. The lowest BCUT2D eigenvalue weighted by Crippen LogP contribution is -2.28. The van der Waals surface area contributed by atoms with Gasteiger partial charge in [-0.25, -0.2) is 0 Å². The molecule has 126 valence electrons. The van der Waals surface area contributed by atoms with E-state index in [0.29, 0.717) is 15.0 Å². The third-order valence-electron chi connectivity index (χ3n) is 3.45. The van der Waals surface area contributed by atoms with Gasteiger partial charge in [0, 0.05) is 0 Å². The van der Waals surface area contributed by atoms with Crippen molar-refractivity contribution in [3.8, 4) is 0 Å². The Labute approximate surface area is 153 Å². The Balaban J connectivity index is 1.79. The number of furan rings is 1. The molecule has 1 aromatic carbocycles. The summed E-state index contributed by atoms with van der Waals surface area (Å²) in [5, 5.41) is 10.6. The van der Waals surface area contributed by atoms with E-state index in [1.165, 1.54) is 28.8 Å². The van der Waals surface area contributed by atoms with Crippen LogP contribution in [0.5, 0.6) is 0 Å². The van der Waals surface area contributed by atoms with Crippen molar-refractivity contribution in [1.82, 2.24) is 0 Å². The molecule has 2 aromatic rings. The zero-order valence-electron chi connectivity index (χ0n) is 13.0. The zero-order chi connectivity index (χ0) is 18.0. The van der Waals surface area contributed by atoms with Crippen LogP contribution in [-0.4, -0.2) is 15.2 Å². The summed E-state index contributed by atoms with van der Waals surface area (Å²) in [5.74, 6) is -0.192. The number of benzene rings is 1. The second-order valence-electron chi connectivity index (χ2n) is 5.12. The van der Waals surface area contributed by atoms with E-state index in [2.05, 4.69) is 0 Å². The van der Waals surface area contributed by atoms with Gasteiger partial charge in [-0.2, -0.15) is 0 Å². The second-order valence-corrected chi connectivity index (χ2v) is 6.79. The Morgan fingerprint density at radius 1 is 1.28 bits per heavy atom. The number of hydrogen-bond acceptors (Lipinski definition) is 6. The molecule has 6 nitrogen and oxygen atoms in total. The molecular formula is C17H12N2O4S2. The molecule has 1 aliphatic heterocycles. The van der Waals surface area contributed by atoms with Crippen molar-refractivity contribution in [2.24, 2.45) is 0 Å². The first-order chi connectivity index (χ1) is 12.0. The summed E-state index contributed by atoms with van der Waals surface area (Å²) >= 11 is 6.53. The molecule has 1 aliphatic rings. The van der Waals surface area contributed by atoms with Gasteiger partial charge in [-0.3, -0.25) is 19.8 Å². The van der Waals surface area contributed by atoms with Gasteiger partial charge in [-0.05, 0) is 36.8 Å². The smallest absolute Gasteiger partial charge is 0.401 e. The number of rotatable bonds is 4. The number of hydrogen-bond donors (Lipinski definition) is 0. The number of anilines is 1. The largest absolute Gasteiger partial charge is 0.433 e. The second kappa shape index (κ2) is 7.04. The monoisotopic (exact) mass is 372 g/mol. The molecular weight excluding hydrogens is 360 g/mol. The number of amides is 1. The van der Waals surface area contributed by atoms with Crippen LogP contribution in [-0.2, 0) is 4.79 Å². The van der Waals surface area contributed by atoms with Gasteiger partial charge in [0.1, 0.15) is 10.7 Å². The van der Waals surface area contributed by atoms with E-state index in [1.807, 2.05) is 31.2 Å². The number of aryl methyl sites for hydroxylation is 1. The summed E-state index contributed by atoms with van der Waals surface area (Å²) in [4.78, 5) is 24.6. The Morgan fingerprint density at radius 3 is 2.72 bits per heavy atom. The number of thioether (sulfide) groups is 1. The molecule has 25 heavy (non-hydrogen) atoms. The fourth-order valence-electron chi connectivity index (χ4n) is 2.26. The summed E-state index contributed by atoms with van der Waals surface area (Å²) < 4.78 is 5.49. The lowest BCUT2D eigenvalue weighted by atomic mass is 10.2. The van der Waals surface area contributed by atoms with Crippen LogP contribution in [0.15, 0.2) is 57.9 Å². The van der Waals surface area contributed by atoms with Crippen LogP contribution >= 0.6 is 24.0 Å². The molecule has 0 atom stereocenters. The Bertz CT molecular complexity index is 930. The number of allylic oxidation sites excluding steroid dienone is 2. The number of carbonyl (C=O) groups excluding carboxylic acids is 1. The molecule has 3 rings (SSSR count). The van der Waals surface area contributed by atoms with Crippen LogP contribution < -0.4 is 4.90 Å². The average molecular weight is 372 g/mol. The highest BCUT2D eigenvalue weighted by molar-refractivity contribution is 8.27. The van der Waals surface area contributed by atoms with Crippen LogP contribution in [0.2, 0.25) is 0 Å². The molecule has 0 unspecified atom stereocenters. The van der Waals surface area contributed by atoms with Gasteiger partial charge in [-0.1, -0.05) is 48.3 Å². The minimum absolute atomic E-state index is 0.195. The summed E-state index contributed by atoms with van der Waals surface area (Å²) in [6.45, 7) is 1.92. The van der Waals surface area contributed by atoms with Crippen LogP contribution in [0.4, 0.5) is 11.6 Å². The van der Waals surface area contributed by atoms with Crippen molar-refractivity contribution in [3.05, 3.63) is 74.9 Å². The van der Waals surface area contributed by atoms with E-state index in [9.17, 15) is 14.9 Å². The molecule has 1 aromatic heterocycles. The summed E-state index contributed by atoms with van der Waals surface area (Å²) in [7, 11) is 0. The number of para-hydroxylation sites is 1. The highest BCUT2D eigenvalue weighted by atomic mass is 32.2. The van der Waals surface area contributed by atoms with E-state index in [4.69, 9.17) is 16.6 Å². The molecule has 1 saturated heterocycles. The molecule has 0 saturated carbocycles. The van der Waals surface area contributed by atoms with Crippen molar-refractivity contribution in [2.45, 2.75) is 6.92 Å². The van der Waals surface area contributed by atoms with Crippen molar-refractivity contribution in [2.75, 3.05) is 4.90 Å². The topological polar surface area (TPSA) is 76.6 Å². The van der Waals surface area contributed by atoms with Gasteiger partial charge in [0.05, 0.1) is 16.7 Å². The van der Waals surface area contributed by atoms with Crippen molar-refractivity contribution in [1.29, 1.82) is 0 Å². The number of nitro groups is 1. The van der Waals surface area contributed by atoms with Crippen LogP contribution in [0.1, 0.15) is 11.3 Å². The average Bonchev–Trinajstić information content (AvgIpc) is 3.14. The van der Waals surface area contributed by atoms with Gasteiger partial charge >= 0.3 is 5.88 Å². The zero-order valence-corrected chi connectivity index (χ0v) is 14.7. The first kappa shape index (κ1) is 17.1. The van der Waals surface area contributed by atoms with E-state index in [0.717, 1.165) is 11.3 Å². The molecule has 0 N–H and O–H groups in total. The van der Waals surface area contributed by atoms with Gasteiger partial charge in [-0.15, -0.1) is 0 Å². The maximum Gasteiger partial charge on any atom is 0.433 e. The molecule has 8 heteroatoms. The number of carbonyl (C=O) groups is 1. The fraction of sp³-hybridized carbons (Fsp3) is 0.0588. The van der Waals surface area contributed by atoms with Crippen molar-refractivity contribution < 1.29 is 14.1 Å². The maximum atomic E-state index is 12.6. The van der Waals surface area contributed by atoms with Gasteiger partial charge in [0.2, 0.25) is 0 Å². The molecule has 1 fully saturated rings. The van der Waals surface area contributed by atoms with Crippen LogP contribution in [0.3, 0.4) is 0 Å². The van der Waals surface area contributed by atoms with Gasteiger partial charge in [0.25, 0.3) is 5.91 Å². The van der Waals surface area contributed by atoms with Crippen molar-refractivity contribution in [3.63, 3.8) is 0 Å². The summed E-state index contributed by atoms with van der Waals surface area (Å²) in [6.07, 6.45) is 4.77. The van der Waals surface area contributed by atoms with Crippen LogP contribution in [0, 0.1) is 17.0 Å². The maximum absolute atomic E-state index is 12.6. The Kier molecular flexibility index (Phi) is 4.82. The molecule has 0 bridgehead atoms. The lowest BCUT2D eigenvalue weighted by Gasteiger charge is -2.16. The molecule has 2 heterocycles. The number of nitrogens with zero attached hydrogens (tertiary/aromatic N) is 2. The third-order valence-corrected chi connectivity index (χ3v) is 4.77. The molecule has 0 spiro atoms. The molecule has 0 radical (unpaired) electrons. The predicted octanol–water partition coefficient (Wildman–Crippen LogP) is 4.46. The fourth-order valence-corrected chi connectivity index (χ4v) is 3.50. The van der Waals surface area contributed by atoms with E-state index < -0.39 is 4.92 Å². The Morgan fingerprint density at radius 2 is 2.04 bits per heavy atom. The first-order valence-electron chi connectivity index (χ1n) is 7.22.